The minimum atomic E-state index is -0.385. The van der Waals surface area contributed by atoms with Gasteiger partial charge in [-0.05, 0) is 19.8 Å². The molecule has 2 aromatic rings. The zero-order valence-corrected chi connectivity index (χ0v) is 11.7. The summed E-state index contributed by atoms with van der Waals surface area (Å²) in [5, 5.41) is 0. The second-order valence-electron chi connectivity index (χ2n) is 5.51. The van der Waals surface area contributed by atoms with E-state index in [1.54, 1.807) is 0 Å². The van der Waals surface area contributed by atoms with Crippen LogP contribution in [-0.2, 0) is 6.54 Å². The standard InChI is InChI=1S/C14H20N4O2/c1-2-18-12-10(13(19)17-14(18)20)15-11(16-12)9-7-5-3-4-6-8-9/h9H,2-8H2,1H3,(H,15,16)(H,17,19,20). The van der Waals surface area contributed by atoms with Gasteiger partial charge in [0, 0.05) is 12.5 Å². The molecule has 0 radical (unpaired) electrons. The molecular weight excluding hydrogens is 256 g/mol. The van der Waals surface area contributed by atoms with Gasteiger partial charge in [-0.15, -0.1) is 0 Å². The third-order valence-electron chi connectivity index (χ3n) is 4.21. The van der Waals surface area contributed by atoms with Crippen LogP contribution in [0.25, 0.3) is 11.2 Å². The molecule has 2 N–H and O–H groups in total. The zero-order valence-electron chi connectivity index (χ0n) is 11.7. The van der Waals surface area contributed by atoms with Crippen molar-refractivity contribution in [1.82, 2.24) is 19.5 Å². The average molecular weight is 276 g/mol. The topological polar surface area (TPSA) is 83.5 Å². The normalized spacial score (nSPS) is 17.4. The fraction of sp³-hybridized carbons (Fsp3) is 0.643. The highest BCUT2D eigenvalue weighted by Crippen LogP contribution is 2.30. The third kappa shape index (κ3) is 2.19. The average Bonchev–Trinajstić information content (AvgIpc) is 2.69. The van der Waals surface area contributed by atoms with Crippen molar-refractivity contribution in [3.63, 3.8) is 0 Å². The summed E-state index contributed by atoms with van der Waals surface area (Å²) in [4.78, 5) is 33.7. The first-order valence-electron chi connectivity index (χ1n) is 7.43. The third-order valence-corrected chi connectivity index (χ3v) is 4.21. The minimum absolute atomic E-state index is 0.373. The van der Waals surface area contributed by atoms with Gasteiger partial charge in [0.25, 0.3) is 5.56 Å². The molecule has 0 amide bonds. The van der Waals surface area contributed by atoms with Crippen LogP contribution < -0.4 is 11.2 Å². The molecule has 20 heavy (non-hydrogen) atoms. The molecule has 2 aromatic heterocycles. The molecule has 2 heterocycles. The van der Waals surface area contributed by atoms with E-state index in [1.807, 2.05) is 6.92 Å². The Morgan fingerprint density at radius 3 is 2.50 bits per heavy atom. The summed E-state index contributed by atoms with van der Waals surface area (Å²) in [5.74, 6) is 1.24. The number of hydrogen-bond donors (Lipinski definition) is 2. The predicted molar refractivity (Wildman–Crippen MR) is 77.1 cm³/mol. The van der Waals surface area contributed by atoms with E-state index < -0.39 is 0 Å². The summed E-state index contributed by atoms with van der Waals surface area (Å²) in [6.07, 6.45) is 7.17. The quantitative estimate of drug-likeness (QED) is 0.821. The number of aromatic nitrogens is 4. The van der Waals surface area contributed by atoms with Crippen LogP contribution in [0.3, 0.4) is 0 Å². The molecule has 0 saturated heterocycles. The van der Waals surface area contributed by atoms with Crippen molar-refractivity contribution in [2.75, 3.05) is 0 Å². The van der Waals surface area contributed by atoms with Crippen LogP contribution in [0.5, 0.6) is 0 Å². The van der Waals surface area contributed by atoms with E-state index in [4.69, 9.17) is 0 Å². The zero-order chi connectivity index (χ0) is 14.1. The fourth-order valence-corrected chi connectivity index (χ4v) is 3.10. The highest BCUT2D eigenvalue weighted by molar-refractivity contribution is 5.69. The lowest BCUT2D eigenvalue weighted by atomic mass is 10.00. The van der Waals surface area contributed by atoms with Crippen molar-refractivity contribution in [2.45, 2.75) is 57.9 Å². The van der Waals surface area contributed by atoms with Gasteiger partial charge >= 0.3 is 5.69 Å². The first kappa shape index (κ1) is 13.1. The Kier molecular flexibility index (Phi) is 3.46. The van der Waals surface area contributed by atoms with Gasteiger partial charge in [0.05, 0.1) is 0 Å². The molecule has 3 rings (SSSR count). The second kappa shape index (κ2) is 5.26. The molecule has 1 aliphatic rings. The van der Waals surface area contributed by atoms with Crippen LogP contribution in [0.1, 0.15) is 57.2 Å². The van der Waals surface area contributed by atoms with Gasteiger partial charge in [-0.3, -0.25) is 14.3 Å². The number of nitrogens with zero attached hydrogens (tertiary/aromatic N) is 2. The van der Waals surface area contributed by atoms with Crippen molar-refractivity contribution in [3.8, 4) is 0 Å². The smallest absolute Gasteiger partial charge is 0.330 e. The summed E-state index contributed by atoms with van der Waals surface area (Å²) >= 11 is 0. The number of rotatable bonds is 2. The lowest BCUT2D eigenvalue weighted by molar-refractivity contribution is 0.566. The number of aryl methyl sites for hydroxylation is 1. The molecule has 0 aliphatic heterocycles. The Morgan fingerprint density at radius 1 is 1.15 bits per heavy atom. The molecule has 0 aromatic carbocycles. The number of H-pyrrole nitrogens is 2. The maximum absolute atomic E-state index is 11.9. The van der Waals surface area contributed by atoms with E-state index in [1.165, 1.54) is 30.3 Å². The molecule has 6 heteroatoms. The van der Waals surface area contributed by atoms with E-state index in [0.29, 0.717) is 23.6 Å². The molecule has 1 fully saturated rings. The van der Waals surface area contributed by atoms with Crippen LogP contribution in [0.2, 0.25) is 0 Å². The van der Waals surface area contributed by atoms with Crippen molar-refractivity contribution < 1.29 is 0 Å². The molecule has 0 unspecified atom stereocenters. The summed E-state index contributed by atoms with van der Waals surface area (Å²) in [6.45, 7) is 2.38. The van der Waals surface area contributed by atoms with Crippen LogP contribution in [0.15, 0.2) is 9.59 Å². The van der Waals surface area contributed by atoms with Crippen LogP contribution in [0.4, 0.5) is 0 Å². The monoisotopic (exact) mass is 276 g/mol. The molecular formula is C14H20N4O2. The van der Waals surface area contributed by atoms with Crippen molar-refractivity contribution in [1.29, 1.82) is 0 Å². The summed E-state index contributed by atoms with van der Waals surface area (Å²) in [7, 11) is 0. The molecule has 0 spiro atoms. The number of hydrogen-bond acceptors (Lipinski definition) is 3. The Bertz CT molecular complexity index is 717. The fourth-order valence-electron chi connectivity index (χ4n) is 3.10. The van der Waals surface area contributed by atoms with Crippen LogP contribution in [-0.4, -0.2) is 19.5 Å². The van der Waals surface area contributed by atoms with E-state index in [-0.39, 0.29) is 11.2 Å². The van der Waals surface area contributed by atoms with E-state index in [9.17, 15) is 9.59 Å². The summed E-state index contributed by atoms with van der Waals surface area (Å²) in [5.41, 5.74) is 0.150. The van der Waals surface area contributed by atoms with Crippen LogP contribution in [0, 0.1) is 0 Å². The Labute approximate surface area is 116 Å². The van der Waals surface area contributed by atoms with Crippen molar-refractivity contribution >= 4 is 11.2 Å². The maximum Gasteiger partial charge on any atom is 0.330 e. The Balaban J connectivity index is 2.12. The predicted octanol–water partition coefficient (Wildman–Crippen LogP) is 1.87. The second-order valence-corrected chi connectivity index (χ2v) is 5.51. The summed E-state index contributed by atoms with van der Waals surface area (Å²) in [6, 6.07) is 0. The molecule has 0 atom stereocenters. The van der Waals surface area contributed by atoms with Gasteiger partial charge < -0.3 is 4.98 Å². The van der Waals surface area contributed by atoms with Gasteiger partial charge in [0.2, 0.25) is 0 Å². The Hall–Kier alpha value is -1.85. The minimum Gasteiger partial charge on any atom is -0.336 e. The van der Waals surface area contributed by atoms with Crippen molar-refractivity contribution in [3.05, 3.63) is 26.7 Å². The first-order valence-corrected chi connectivity index (χ1v) is 7.43. The number of aromatic amines is 2. The SMILES string of the molecule is CCn1c(=O)[nH]c(=O)c2[nH]c(C3CCCCCC3)nc21. The molecule has 1 saturated carbocycles. The maximum atomic E-state index is 11.9. The highest BCUT2D eigenvalue weighted by atomic mass is 16.2. The highest BCUT2D eigenvalue weighted by Gasteiger charge is 2.20. The van der Waals surface area contributed by atoms with Gasteiger partial charge in [-0.2, -0.15) is 0 Å². The van der Waals surface area contributed by atoms with Gasteiger partial charge in [-0.25, -0.2) is 9.78 Å². The number of imidazole rings is 1. The van der Waals surface area contributed by atoms with E-state index in [0.717, 1.165) is 18.7 Å². The van der Waals surface area contributed by atoms with Gasteiger partial charge in [0.15, 0.2) is 5.65 Å². The molecule has 6 nitrogen and oxygen atoms in total. The number of nitrogens with one attached hydrogen (secondary N) is 2. The largest absolute Gasteiger partial charge is 0.336 e. The molecule has 108 valence electrons. The summed E-state index contributed by atoms with van der Waals surface area (Å²) < 4.78 is 1.51. The lowest BCUT2D eigenvalue weighted by Gasteiger charge is -2.09. The number of fused-ring (bicyclic) bond motifs is 1. The van der Waals surface area contributed by atoms with Gasteiger partial charge in [0.1, 0.15) is 11.3 Å². The van der Waals surface area contributed by atoms with Crippen molar-refractivity contribution in [2.24, 2.45) is 0 Å². The first-order chi connectivity index (χ1) is 9.70. The van der Waals surface area contributed by atoms with Crippen LogP contribution >= 0.6 is 0 Å². The Morgan fingerprint density at radius 2 is 1.85 bits per heavy atom. The van der Waals surface area contributed by atoms with Gasteiger partial charge in [-0.1, -0.05) is 25.7 Å². The molecule has 1 aliphatic carbocycles. The van der Waals surface area contributed by atoms with E-state index >= 15 is 0 Å². The lowest BCUT2D eigenvalue weighted by Crippen LogP contribution is -2.29. The van der Waals surface area contributed by atoms with E-state index in [2.05, 4.69) is 15.0 Å². The molecule has 0 bridgehead atoms.